The molecule has 0 atom stereocenters. The van der Waals surface area contributed by atoms with Crippen LogP contribution in [-0.2, 0) is 11.8 Å². The second-order valence-corrected chi connectivity index (χ2v) is 9.11. The van der Waals surface area contributed by atoms with Gasteiger partial charge in [-0.25, -0.2) is 9.67 Å². The first-order valence-corrected chi connectivity index (χ1v) is 12.1. The molecular formula is C27H28N8O. The van der Waals surface area contributed by atoms with Gasteiger partial charge in [-0.15, -0.1) is 0 Å². The molecule has 1 saturated heterocycles. The van der Waals surface area contributed by atoms with Crippen molar-refractivity contribution < 1.29 is 4.74 Å². The Balaban J connectivity index is 1.36. The van der Waals surface area contributed by atoms with Crippen molar-refractivity contribution in [1.29, 1.82) is 0 Å². The van der Waals surface area contributed by atoms with Crippen LogP contribution >= 0.6 is 0 Å². The number of benzene rings is 2. The Labute approximate surface area is 209 Å². The van der Waals surface area contributed by atoms with Crippen molar-refractivity contribution in [3.63, 3.8) is 0 Å². The largest absolute Gasteiger partial charge is 0.378 e. The molecule has 9 heteroatoms. The molecule has 182 valence electrons. The van der Waals surface area contributed by atoms with E-state index in [1.54, 1.807) is 0 Å². The van der Waals surface area contributed by atoms with Crippen LogP contribution in [0.2, 0.25) is 0 Å². The summed E-state index contributed by atoms with van der Waals surface area (Å²) in [4.78, 5) is 12.0. The van der Waals surface area contributed by atoms with Gasteiger partial charge >= 0.3 is 0 Å². The molecule has 3 aromatic heterocycles. The average Bonchev–Trinajstić information content (AvgIpc) is 3.47. The predicted octanol–water partition coefficient (Wildman–Crippen LogP) is 4.41. The number of ether oxygens (including phenoxy) is 1. The summed E-state index contributed by atoms with van der Waals surface area (Å²) in [5, 5.41) is 13.6. The van der Waals surface area contributed by atoms with E-state index < -0.39 is 0 Å². The first-order valence-electron chi connectivity index (χ1n) is 12.1. The van der Waals surface area contributed by atoms with Crippen LogP contribution in [-0.4, -0.2) is 55.8 Å². The normalized spacial score (nSPS) is 13.9. The minimum Gasteiger partial charge on any atom is -0.378 e. The van der Waals surface area contributed by atoms with Crippen LogP contribution in [0.25, 0.3) is 27.8 Å². The minimum atomic E-state index is 0.672. The number of hydrogen-bond acceptors (Lipinski definition) is 7. The molecule has 4 heterocycles. The monoisotopic (exact) mass is 480 g/mol. The first-order chi connectivity index (χ1) is 17.5. The van der Waals surface area contributed by atoms with Gasteiger partial charge in [0.25, 0.3) is 0 Å². The van der Waals surface area contributed by atoms with Crippen LogP contribution < -0.4 is 10.2 Å². The second-order valence-electron chi connectivity index (χ2n) is 9.11. The number of nitrogens with one attached hydrogen (secondary N) is 1. The lowest BCUT2D eigenvalue weighted by atomic mass is 10.1. The molecule has 0 unspecified atom stereocenters. The molecule has 0 bridgehead atoms. The van der Waals surface area contributed by atoms with Crippen molar-refractivity contribution in [3.8, 4) is 16.9 Å². The van der Waals surface area contributed by atoms with Crippen molar-refractivity contribution in [2.75, 3.05) is 36.5 Å². The quantitative estimate of drug-likeness (QED) is 0.399. The van der Waals surface area contributed by atoms with Crippen LogP contribution in [0.1, 0.15) is 11.3 Å². The van der Waals surface area contributed by atoms with E-state index in [2.05, 4.69) is 38.6 Å². The fraction of sp³-hybridized carbons (Fsp3) is 0.259. The Kier molecular flexibility index (Phi) is 5.61. The van der Waals surface area contributed by atoms with E-state index in [9.17, 15) is 0 Å². The third-order valence-corrected chi connectivity index (χ3v) is 6.46. The number of hydrogen-bond donors (Lipinski definition) is 1. The summed E-state index contributed by atoms with van der Waals surface area (Å²) in [7, 11) is 1.97. The average molecular weight is 481 g/mol. The fourth-order valence-corrected chi connectivity index (χ4v) is 4.55. The van der Waals surface area contributed by atoms with E-state index in [0.29, 0.717) is 19.2 Å². The highest BCUT2D eigenvalue weighted by molar-refractivity contribution is 5.86. The van der Waals surface area contributed by atoms with Crippen LogP contribution in [0.3, 0.4) is 0 Å². The van der Waals surface area contributed by atoms with Crippen molar-refractivity contribution in [2.45, 2.75) is 13.8 Å². The Bertz CT molecular complexity index is 1530. The van der Waals surface area contributed by atoms with Crippen molar-refractivity contribution in [3.05, 3.63) is 72.2 Å². The summed E-state index contributed by atoms with van der Waals surface area (Å²) in [6, 6.07) is 16.5. The van der Waals surface area contributed by atoms with Crippen molar-refractivity contribution in [2.24, 2.45) is 7.05 Å². The molecule has 2 aromatic carbocycles. The van der Waals surface area contributed by atoms with Gasteiger partial charge in [-0.3, -0.25) is 4.68 Å². The maximum absolute atomic E-state index is 5.55. The number of aryl methyl sites for hydroxylation is 3. The molecule has 6 rings (SSSR count). The van der Waals surface area contributed by atoms with Gasteiger partial charge in [0.2, 0.25) is 5.95 Å². The topological polar surface area (TPSA) is 85.9 Å². The van der Waals surface area contributed by atoms with Gasteiger partial charge in [0.15, 0.2) is 0 Å². The molecule has 0 radical (unpaired) electrons. The van der Waals surface area contributed by atoms with Crippen LogP contribution in [0, 0.1) is 13.8 Å². The number of fused-ring (bicyclic) bond motifs is 1. The Morgan fingerprint density at radius 1 is 0.944 bits per heavy atom. The predicted molar refractivity (Wildman–Crippen MR) is 141 cm³/mol. The van der Waals surface area contributed by atoms with E-state index in [1.165, 1.54) is 0 Å². The van der Waals surface area contributed by atoms with Gasteiger partial charge in [-0.05, 0) is 49.7 Å². The number of nitrogens with zero attached hydrogens (tertiary/aromatic N) is 7. The van der Waals surface area contributed by atoms with E-state index in [0.717, 1.165) is 63.7 Å². The second kappa shape index (κ2) is 9.09. The van der Waals surface area contributed by atoms with E-state index >= 15 is 0 Å². The molecule has 0 amide bonds. The van der Waals surface area contributed by atoms with E-state index in [4.69, 9.17) is 14.7 Å². The molecule has 1 N–H and O–H groups in total. The zero-order valence-electron chi connectivity index (χ0n) is 20.6. The van der Waals surface area contributed by atoms with Crippen LogP contribution in [0.5, 0.6) is 0 Å². The summed E-state index contributed by atoms with van der Waals surface area (Å²) in [6.07, 6.45) is 3.86. The zero-order valence-corrected chi connectivity index (χ0v) is 20.6. The summed E-state index contributed by atoms with van der Waals surface area (Å²) < 4.78 is 9.33. The Hall–Kier alpha value is -4.24. The highest BCUT2D eigenvalue weighted by Crippen LogP contribution is 2.29. The van der Waals surface area contributed by atoms with Gasteiger partial charge in [0.05, 0.1) is 42.0 Å². The molecule has 0 saturated carbocycles. The highest BCUT2D eigenvalue weighted by atomic mass is 16.5. The third kappa shape index (κ3) is 4.29. The Morgan fingerprint density at radius 3 is 2.50 bits per heavy atom. The minimum absolute atomic E-state index is 0.672. The summed E-state index contributed by atoms with van der Waals surface area (Å²) in [5.41, 5.74) is 7.06. The SMILES string of the molecule is Cc1cnn(-c2ccc(Nc3cc(-c4ccc5c(C)nn(C)c5c4)nc(N4CCOCC4)n3)cc2)c1. The molecule has 36 heavy (non-hydrogen) atoms. The fourth-order valence-electron chi connectivity index (χ4n) is 4.55. The van der Waals surface area contributed by atoms with Gasteiger partial charge in [0.1, 0.15) is 5.82 Å². The first kappa shape index (κ1) is 22.2. The molecule has 1 aliphatic heterocycles. The van der Waals surface area contributed by atoms with Gasteiger partial charge in [-0.2, -0.15) is 15.2 Å². The smallest absolute Gasteiger partial charge is 0.228 e. The molecule has 9 nitrogen and oxygen atoms in total. The van der Waals surface area contributed by atoms with Gasteiger partial charge < -0.3 is 15.0 Å². The third-order valence-electron chi connectivity index (χ3n) is 6.46. The molecule has 0 spiro atoms. The Morgan fingerprint density at radius 2 is 1.75 bits per heavy atom. The number of anilines is 3. The highest BCUT2D eigenvalue weighted by Gasteiger charge is 2.17. The van der Waals surface area contributed by atoms with Crippen molar-refractivity contribution >= 4 is 28.4 Å². The number of aromatic nitrogens is 6. The molecule has 5 aromatic rings. The summed E-state index contributed by atoms with van der Waals surface area (Å²) in [5.74, 6) is 1.44. The van der Waals surface area contributed by atoms with E-state index in [-0.39, 0.29) is 0 Å². The maximum Gasteiger partial charge on any atom is 0.228 e. The van der Waals surface area contributed by atoms with Gasteiger partial charge in [-0.1, -0.05) is 12.1 Å². The van der Waals surface area contributed by atoms with Gasteiger partial charge in [0, 0.05) is 49.0 Å². The lowest BCUT2D eigenvalue weighted by Gasteiger charge is -2.27. The molecule has 1 fully saturated rings. The van der Waals surface area contributed by atoms with Crippen molar-refractivity contribution in [1.82, 2.24) is 29.5 Å². The summed E-state index contributed by atoms with van der Waals surface area (Å²) >= 11 is 0. The lowest BCUT2D eigenvalue weighted by Crippen LogP contribution is -2.37. The molecular weight excluding hydrogens is 452 g/mol. The maximum atomic E-state index is 5.55. The standard InChI is InChI=1S/C27H28N8O/c1-18-16-28-35(17-18)22-7-5-21(6-8-22)29-26-15-24(30-27(31-26)34-10-12-36-13-11-34)20-4-9-23-19(2)32-33(3)25(23)14-20/h4-9,14-17H,10-13H2,1-3H3,(H,29,30,31). The molecule has 0 aliphatic carbocycles. The number of morpholine rings is 1. The number of rotatable bonds is 5. The van der Waals surface area contributed by atoms with Crippen LogP contribution in [0.15, 0.2) is 60.9 Å². The summed E-state index contributed by atoms with van der Waals surface area (Å²) in [6.45, 7) is 6.94. The van der Waals surface area contributed by atoms with Crippen LogP contribution in [0.4, 0.5) is 17.5 Å². The zero-order chi connectivity index (χ0) is 24.6. The van der Waals surface area contributed by atoms with E-state index in [1.807, 2.05) is 73.0 Å². The lowest BCUT2D eigenvalue weighted by molar-refractivity contribution is 0.122. The molecule has 1 aliphatic rings.